The van der Waals surface area contributed by atoms with Gasteiger partial charge >= 0.3 is 5.97 Å². The molecule has 1 aromatic carbocycles. The molecule has 6 nitrogen and oxygen atoms in total. The van der Waals surface area contributed by atoms with Crippen molar-refractivity contribution in [2.24, 2.45) is 0 Å². The second-order valence-corrected chi connectivity index (χ2v) is 7.80. The van der Waals surface area contributed by atoms with Crippen molar-refractivity contribution >= 4 is 17.0 Å². The van der Waals surface area contributed by atoms with Crippen molar-refractivity contribution in [2.45, 2.75) is 55.8 Å². The molecule has 1 aliphatic carbocycles. The number of rotatable bonds is 1. The molecule has 4 aliphatic rings. The molecule has 3 aliphatic heterocycles. The molecule has 2 saturated heterocycles. The minimum atomic E-state index is -0.366. The van der Waals surface area contributed by atoms with Crippen LogP contribution in [0.25, 0.3) is 11.0 Å². The molecular weight excluding hydrogens is 316 g/mol. The van der Waals surface area contributed by atoms with Crippen LogP contribution in [0.5, 0.6) is 0 Å². The fraction of sp³-hybridized carbons (Fsp3) is 0.526. The van der Waals surface area contributed by atoms with Crippen molar-refractivity contribution in [2.75, 3.05) is 6.54 Å². The Kier molecular flexibility index (Phi) is 2.63. The highest BCUT2D eigenvalue weighted by Crippen LogP contribution is 2.56. The Labute approximate surface area is 145 Å². The first kappa shape index (κ1) is 14.0. The van der Waals surface area contributed by atoms with E-state index in [1.165, 1.54) is 18.4 Å². The molecule has 128 valence electrons. The highest BCUT2D eigenvalue weighted by atomic mass is 16.6. The number of fused-ring (bicyclic) bond motifs is 4. The van der Waals surface area contributed by atoms with Gasteiger partial charge in [-0.3, -0.25) is 4.90 Å². The lowest BCUT2D eigenvalue weighted by molar-refractivity contribution is -0.148. The minimum absolute atomic E-state index is 0.162. The molecule has 0 N–H and O–H groups in total. The monoisotopic (exact) mass is 336 g/mol. The van der Waals surface area contributed by atoms with Crippen LogP contribution in [0.4, 0.5) is 0 Å². The van der Waals surface area contributed by atoms with Crippen molar-refractivity contribution in [3.8, 4) is 0 Å². The van der Waals surface area contributed by atoms with Crippen LogP contribution in [-0.4, -0.2) is 50.1 Å². The van der Waals surface area contributed by atoms with Gasteiger partial charge in [-0.2, -0.15) is 0 Å². The molecule has 6 rings (SSSR count). The van der Waals surface area contributed by atoms with E-state index in [1.54, 1.807) is 6.08 Å². The molecule has 4 atom stereocenters. The summed E-state index contributed by atoms with van der Waals surface area (Å²) in [5.74, 6) is -0.162. The zero-order valence-corrected chi connectivity index (χ0v) is 14.0. The minimum Gasteiger partial charge on any atom is -0.450 e. The molecule has 2 bridgehead atoms. The van der Waals surface area contributed by atoms with E-state index in [9.17, 15) is 4.79 Å². The first-order chi connectivity index (χ1) is 12.3. The molecule has 1 aromatic heterocycles. The average Bonchev–Trinajstić information content (AvgIpc) is 3.28. The quantitative estimate of drug-likeness (QED) is 0.748. The fourth-order valence-corrected chi connectivity index (χ4v) is 5.74. The van der Waals surface area contributed by atoms with E-state index in [0.717, 1.165) is 36.8 Å². The third-order valence-electron chi connectivity index (χ3n) is 6.70. The van der Waals surface area contributed by atoms with Gasteiger partial charge in [0.25, 0.3) is 0 Å². The van der Waals surface area contributed by atoms with Gasteiger partial charge in [0.2, 0.25) is 0 Å². The van der Waals surface area contributed by atoms with Gasteiger partial charge in [0, 0.05) is 18.5 Å². The van der Waals surface area contributed by atoms with Crippen LogP contribution in [0.15, 0.2) is 35.9 Å². The van der Waals surface area contributed by atoms with Gasteiger partial charge in [-0.1, -0.05) is 23.8 Å². The number of carbonyl (C=O) groups excluding carboxylic acids is 1. The summed E-state index contributed by atoms with van der Waals surface area (Å²) in [6.45, 7) is 1.09. The number of para-hydroxylation sites is 1. The summed E-state index contributed by atoms with van der Waals surface area (Å²) in [4.78, 5) is 14.7. The van der Waals surface area contributed by atoms with Crippen molar-refractivity contribution < 1.29 is 9.53 Å². The number of carbonyl (C=O) groups is 1. The summed E-state index contributed by atoms with van der Waals surface area (Å²) in [6.07, 6.45) is 7.04. The summed E-state index contributed by atoms with van der Waals surface area (Å²) in [5.41, 5.74) is 2.81. The average molecular weight is 336 g/mol. The van der Waals surface area contributed by atoms with Gasteiger partial charge in [0.1, 0.15) is 5.52 Å². The van der Waals surface area contributed by atoms with E-state index in [2.05, 4.69) is 26.0 Å². The zero-order chi connectivity index (χ0) is 16.6. The first-order valence-electron chi connectivity index (χ1n) is 9.26. The van der Waals surface area contributed by atoms with Gasteiger partial charge in [0.15, 0.2) is 5.60 Å². The van der Waals surface area contributed by atoms with E-state index >= 15 is 0 Å². The molecule has 6 heteroatoms. The predicted octanol–water partition coefficient (Wildman–Crippen LogP) is 2.22. The number of hydrogen-bond acceptors (Lipinski definition) is 5. The van der Waals surface area contributed by atoms with Gasteiger partial charge in [-0.05, 0) is 43.5 Å². The van der Waals surface area contributed by atoms with Crippen LogP contribution in [0.2, 0.25) is 0 Å². The van der Waals surface area contributed by atoms with E-state index in [4.69, 9.17) is 4.74 Å². The van der Waals surface area contributed by atoms with Crippen molar-refractivity contribution in [3.63, 3.8) is 0 Å². The normalized spacial score (nSPS) is 36.9. The maximum absolute atomic E-state index is 12.1. The number of benzene rings is 1. The fourth-order valence-electron chi connectivity index (χ4n) is 5.74. The van der Waals surface area contributed by atoms with Crippen LogP contribution in [0.1, 0.15) is 38.1 Å². The van der Waals surface area contributed by atoms with Crippen molar-refractivity contribution in [1.82, 2.24) is 19.9 Å². The Bertz CT molecular complexity index is 919. The molecule has 1 saturated carbocycles. The number of esters is 1. The Hall–Kier alpha value is -2.21. The molecular formula is C19H20N4O2. The van der Waals surface area contributed by atoms with Crippen molar-refractivity contribution in [3.05, 3.63) is 35.9 Å². The topological polar surface area (TPSA) is 60.3 Å². The number of piperidine rings is 1. The Balaban J connectivity index is 1.51. The SMILES string of the molecule is O=C1C=C2CC(n3nnc4ccccc43)C3CC2(O1)C1CCCCN31. The molecule has 25 heavy (non-hydrogen) atoms. The molecule has 4 heterocycles. The molecule has 1 spiro atoms. The van der Waals surface area contributed by atoms with Crippen LogP contribution in [0, 0.1) is 0 Å². The smallest absolute Gasteiger partial charge is 0.331 e. The van der Waals surface area contributed by atoms with E-state index < -0.39 is 0 Å². The van der Waals surface area contributed by atoms with Gasteiger partial charge < -0.3 is 4.74 Å². The number of ether oxygens (including phenoxy) is 1. The van der Waals surface area contributed by atoms with Crippen molar-refractivity contribution in [1.29, 1.82) is 0 Å². The van der Waals surface area contributed by atoms with Crippen LogP contribution in [0.3, 0.4) is 0 Å². The summed E-state index contributed by atoms with van der Waals surface area (Å²) < 4.78 is 8.04. The van der Waals surface area contributed by atoms with E-state index in [1.807, 2.05) is 18.2 Å². The third-order valence-corrected chi connectivity index (χ3v) is 6.70. The zero-order valence-electron chi connectivity index (χ0n) is 14.0. The molecule has 3 fully saturated rings. The maximum Gasteiger partial charge on any atom is 0.331 e. The van der Waals surface area contributed by atoms with Gasteiger partial charge in [-0.15, -0.1) is 5.10 Å². The van der Waals surface area contributed by atoms with Crippen LogP contribution < -0.4 is 0 Å². The lowest BCUT2D eigenvalue weighted by Gasteiger charge is -2.37. The van der Waals surface area contributed by atoms with E-state index in [-0.39, 0.29) is 17.6 Å². The molecule has 2 aromatic rings. The third kappa shape index (κ3) is 1.70. The van der Waals surface area contributed by atoms with E-state index in [0.29, 0.717) is 12.1 Å². The lowest BCUT2D eigenvalue weighted by atomic mass is 9.75. The number of nitrogens with zero attached hydrogens (tertiary/aromatic N) is 4. The summed E-state index contributed by atoms with van der Waals surface area (Å²) in [5, 5.41) is 8.85. The highest BCUT2D eigenvalue weighted by Gasteiger charge is 2.64. The van der Waals surface area contributed by atoms with Gasteiger partial charge in [0.05, 0.1) is 17.6 Å². The maximum atomic E-state index is 12.1. The molecule has 0 amide bonds. The lowest BCUT2D eigenvalue weighted by Crippen LogP contribution is -2.48. The highest BCUT2D eigenvalue weighted by molar-refractivity contribution is 5.87. The second-order valence-electron chi connectivity index (χ2n) is 7.80. The van der Waals surface area contributed by atoms with Crippen LogP contribution in [-0.2, 0) is 9.53 Å². The standard InChI is InChI=1S/C19H20N4O2/c24-18-10-12-9-15(23-14-6-2-1-5-13(14)20-21-23)16-11-19(12,25-18)17-7-3-4-8-22(16)17/h1-2,5-6,10,15-17H,3-4,7-9,11H2. The van der Waals surface area contributed by atoms with Gasteiger partial charge in [-0.25, -0.2) is 9.48 Å². The number of aromatic nitrogens is 3. The largest absolute Gasteiger partial charge is 0.450 e. The summed E-state index contributed by atoms with van der Waals surface area (Å²) in [6, 6.07) is 9.03. The molecule has 4 unspecified atom stereocenters. The molecule has 0 radical (unpaired) electrons. The summed E-state index contributed by atoms with van der Waals surface area (Å²) in [7, 11) is 0. The summed E-state index contributed by atoms with van der Waals surface area (Å²) >= 11 is 0. The second kappa shape index (κ2) is 4.69. The predicted molar refractivity (Wildman–Crippen MR) is 90.8 cm³/mol. The Morgan fingerprint density at radius 3 is 3.08 bits per heavy atom. The Morgan fingerprint density at radius 1 is 1.20 bits per heavy atom. The first-order valence-corrected chi connectivity index (χ1v) is 9.26. The Morgan fingerprint density at radius 2 is 2.12 bits per heavy atom. The van der Waals surface area contributed by atoms with Crippen LogP contribution >= 0.6 is 0 Å². The number of hydrogen-bond donors (Lipinski definition) is 0.